The highest BCUT2D eigenvalue weighted by Crippen LogP contribution is 2.39. The van der Waals surface area contributed by atoms with Gasteiger partial charge in [0.15, 0.2) is 0 Å². The molecule has 2 aliphatic heterocycles. The fraction of sp³-hybridized carbons (Fsp3) is 0.812. The first-order chi connectivity index (χ1) is 10.1. The van der Waals surface area contributed by atoms with E-state index in [-0.39, 0.29) is 0 Å². The van der Waals surface area contributed by atoms with E-state index in [4.69, 9.17) is 5.84 Å². The van der Waals surface area contributed by atoms with Crippen molar-refractivity contribution in [2.75, 3.05) is 7.05 Å². The molecule has 0 spiro atoms. The number of nitrogens with zero attached hydrogens (tertiary/aromatic N) is 3. The molecule has 21 heavy (non-hydrogen) atoms. The summed E-state index contributed by atoms with van der Waals surface area (Å²) in [7, 11) is 4.33. The predicted molar refractivity (Wildman–Crippen MR) is 84.7 cm³/mol. The van der Waals surface area contributed by atoms with Crippen molar-refractivity contribution in [2.24, 2.45) is 18.8 Å². The Morgan fingerprint density at radius 1 is 1.33 bits per heavy atom. The summed E-state index contributed by atoms with van der Waals surface area (Å²) in [6.45, 7) is 2.15. The summed E-state index contributed by atoms with van der Waals surface area (Å²) in [5, 5.41) is 4.56. The Labute approximate surface area is 127 Å². The lowest BCUT2D eigenvalue weighted by Crippen LogP contribution is -2.49. The van der Waals surface area contributed by atoms with Crippen molar-refractivity contribution in [3.63, 3.8) is 0 Å². The Morgan fingerprint density at radius 2 is 2.00 bits per heavy atom. The van der Waals surface area contributed by atoms with Crippen molar-refractivity contribution in [3.05, 3.63) is 17.5 Å². The molecule has 3 heterocycles. The first kappa shape index (κ1) is 15.0. The molecule has 118 valence electrons. The van der Waals surface area contributed by atoms with E-state index >= 15 is 0 Å². The molecule has 3 atom stereocenters. The molecule has 5 nitrogen and oxygen atoms in total. The molecule has 2 aliphatic rings. The summed E-state index contributed by atoms with van der Waals surface area (Å²) in [6.07, 6.45) is 7.25. The van der Waals surface area contributed by atoms with Gasteiger partial charge in [0.2, 0.25) is 0 Å². The molecule has 0 saturated carbocycles. The lowest BCUT2D eigenvalue weighted by Gasteiger charge is -2.39. The molecule has 3 unspecified atom stereocenters. The lowest BCUT2D eigenvalue weighted by molar-refractivity contribution is 0.112. The SMILES string of the molecule is CCc1cc(CC(NN)C2CC3CCC(C2)N3C)n(C)n1. The average molecular weight is 291 g/mol. The molecule has 0 amide bonds. The van der Waals surface area contributed by atoms with Crippen molar-refractivity contribution >= 4 is 0 Å². The summed E-state index contributed by atoms with van der Waals surface area (Å²) < 4.78 is 2.02. The molecule has 0 radical (unpaired) electrons. The Hall–Kier alpha value is -0.910. The highest BCUT2D eigenvalue weighted by molar-refractivity contribution is 5.12. The third-order valence-electron chi connectivity index (χ3n) is 5.74. The van der Waals surface area contributed by atoms with Gasteiger partial charge in [-0.2, -0.15) is 5.10 Å². The van der Waals surface area contributed by atoms with Crippen LogP contribution in [0.4, 0.5) is 0 Å². The largest absolute Gasteiger partial charge is 0.300 e. The van der Waals surface area contributed by atoms with Crippen LogP contribution >= 0.6 is 0 Å². The summed E-state index contributed by atoms with van der Waals surface area (Å²) in [5.74, 6) is 6.58. The molecule has 2 bridgehead atoms. The van der Waals surface area contributed by atoms with Gasteiger partial charge >= 0.3 is 0 Å². The van der Waals surface area contributed by atoms with E-state index < -0.39 is 0 Å². The van der Waals surface area contributed by atoms with Crippen LogP contribution < -0.4 is 11.3 Å². The van der Waals surface area contributed by atoms with E-state index in [1.165, 1.54) is 37.1 Å². The summed E-state index contributed by atoms with van der Waals surface area (Å²) in [4.78, 5) is 2.59. The molecule has 5 heteroatoms. The fourth-order valence-corrected chi connectivity index (χ4v) is 4.30. The second kappa shape index (κ2) is 6.07. The maximum absolute atomic E-state index is 5.89. The second-order valence-corrected chi connectivity index (χ2v) is 6.86. The number of nitrogens with two attached hydrogens (primary N) is 1. The maximum Gasteiger partial charge on any atom is 0.0624 e. The van der Waals surface area contributed by atoms with E-state index in [1.807, 2.05) is 11.7 Å². The van der Waals surface area contributed by atoms with Gasteiger partial charge in [-0.3, -0.25) is 16.0 Å². The number of rotatable bonds is 5. The molecular formula is C16H29N5. The molecule has 3 rings (SSSR count). The summed E-state index contributed by atoms with van der Waals surface area (Å²) >= 11 is 0. The molecule has 1 aromatic rings. The number of nitrogens with one attached hydrogen (secondary N) is 1. The molecule has 2 fully saturated rings. The van der Waals surface area contributed by atoms with Crippen LogP contribution in [-0.4, -0.2) is 39.9 Å². The smallest absolute Gasteiger partial charge is 0.0624 e. The topological polar surface area (TPSA) is 59.1 Å². The van der Waals surface area contributed by atoms with Crippen molar-refractivity contribution in [2.45, 2.75) is 63.6 Å². The van der Waals surface area contributed by atoms with E-state index in [1.54, 1.807) is 0 Å². The zero-order valence-electron chi connectivity index (χ0n) is 13.5. The van der Waals surface area contributed by atoms with Crippen LogP contribution in [-0.2, 0) is 19.9 Å². The Bertz CT molecular complexity index is 469. The Balaban J connectivity index is 1.69. The van der Waals surface area contributed by atoms with Crippen molar-refractivity contribution in [1.29, 1.82) is 0 Å². The van der Waals surface area contributed by atoms with Crippen LogP contribution in [0.15, 0.2) is 6.07 Å². The second-order valence-electron chi connectivity index (χ2n) is 6.86. The van der Waals surface area contributed by atoms with Gasteiger partial charge in [0, 0.05) is 37.3 Å². The average Bonchev–Trinajstić information content (AvgIpc) is 2.91. The highest BCUT2D eigenvalue weighted by atomic mass is 15.3. The number of hydrogen-bond acceptors (Lipinski definition) is 4. The van der Waals surface area contributed by atoms with Crippen LogP contribution in [0.2, 0.25) is 0 Å². The fourth-order valence-electron chi connectivity index (χ4n) is 4.30. The van der Waals surface area contributed by atoms with E-state index in [0.29, 0.717) is 12.0 Å². The van der Waals surface area contributed by atoms with Gasteiger partial charge in [-0.1, -0.05) is 6.92 Å². The number of fused-ring (bicyclic) bond motifs is 2. The van der Waals surface area contributed by atoms with Gasteiger partial charge in [0.1, 0.15) is 0 Å². The highest BCUT2D eigenvalue weighted by Gasteiger charge is 2.40. The Morgan fingerprint density at radius 3 is 2.52 bits per heavy atom. The van der Waals surface area contributed by atoms with Crippen molar-refractivity contribution < 1.29 is 0 Å². The minimum Gasteiger partial charge on any atom is -0.300 e. The molecule has 0 aromatic carbocycles. The number of aromatic nitrogens is 2. The monoisotopic (exact) mass is 291 g/mol. The summed E-state index contributed by atoms with van der Waals surface area (Å²) in [6, 6.07) is 4.13. The standard InChI is InChI=1S/C16H29N5/c1-4-12-9-15(21(3)19-12)10-16(18-17)11-7-13-5-6-14(8-11)20(13)2/h9,11,13-14,16,18H,4-8,10,17H2,1-3H3. The number of hydrazine groups is 1. The van der Waals surface area contributed by atoms with Gasteiger partial charge in [0.05, 0.1) is 5.69 Å². The molecule has 1 aromatic heterocycles. The molecule has 0 aliphatic carbocycles. The van der Waals surface area contributed by atoms with Gasteiger partial charge in [0.25, 0.3) is 0 Å². The minimum atomic E-state index is 0.363. The lowest BCUT2D eigenvalue weighted by atomic mass is 9.83. The number of aryl methyl sites for hydroxylation is 2. The van der Waals surface area contributed by atoms with Gasteiger partial charge < -0.3 is 4.90 Å². The van der Waals surface area contributed by atoms with Crippen molar-refractivity contribution in [3.8, 4) is 0 Å². The number of piperidine rings is 1. The van der Waals surface area contributed by atoms with Gasteiger partial charge in [-0.15, -0.1) is 0 Å². The minimum absolute atomic E-state index is 0.363. The zero-order chi connectivity index (χ0) is 15.0. The van der Waals surface area contributed by atoms with Gasteiger partial charge in [-0.25, -0.2) is 0 Å². The first-order valence-corrected chi connectivity index (χ1v) is 8.32. The van der Waals surface area contributed by atoms with Crippen molar-refractivity contribution in [1.82, 2.24) is 20.1 Å². The van der Waals surface area contributed by atoms with Crippen LogP contribution in [0.3, 0.4) is 0 Å². The van der Waals surface area contributed by atoms with Crippen LogP contribution in [0, 0.1) is 5.92 Å². The zero-order valence-corrected chi connectivity index (χ0v) is 13.5. The quantitative estimate of drug-likeness (QED) is 0.633. The maximum atomic E-state index is 5.89. The molecule has 3 N–H and O–H groups in total. The third-order valence-corrected chi connectivity index (χ3v) is 5.74. The van der Waals surface area contributed by atoms with Crippen LogP contribution in [0.1, 0.15) is 44.0 Å². The predicted octanol–water partition coefficient (Wildman–Crippen LogP) is 1.23. The van der Waals surface area contributed by atoms with E-state index in [2.05, 4.69) is 35.5 Å². The summed E-state index contributed by atoms with van der Waals surface area (Å²) in [5.41, 5.74) is 5.56. The molecule has 2 saturated heterocycles. The number of hydrogen-bond donors (Lipinski definition) is 2. The van der Waals surface area contributed by atoms with Gasteiger partial charge in [-0.05, 0) is 51.1 Å². The van der Waals surface area contributed by atoms with Crippen LogP contribution in [0.5, 0.6) is 0 Å². The normalized spacial score (nSPS) is 30.8. The van der Waals surface area contributed by atoms with E-state index in [9.17, 15) is 0 Å². The van der Waals surface area contributed by atoms with E-state index in [0.717, 1.165) is 24.9 Å². The third kappa shape index (κ3) is 2.87. The van der Waals surface area contributed by atoms with Crippen LogP contribution in [0.25, 0.3) is 0 Å². The first-order valence-electron chi connectivity index (χ1n) is 8.32. The Kier molecular flexibility index (Phi) is 4.33. The molecular weight excluding hydrogens is 262 g/mol.